The van der Waals surface area contributed by atoms with Crippen molar-refractivity contribution in [3.8, 4) is 0 Å². The zero-order valence-corrected chi connectivity index (χ0v) is 17.1. The summed E-state index contributed by atoms with van der Waals surface area (Å²) in [6.45, 7) is 0. The number of para-hydroxylation sites is 1. The number of amides is 2. The molecule has 4 rings (SSSR count). The number of carbonyl (C=O) groups excluding carboxylic acids is 2. The van der Waals surface area contributed by atoms with Crippen LogP contribution >= 0.6 is 0 Å². The van der Waals surface area contributed by atoms with E-state index in [0.717, 1.165) is 24.3 Å². The molecule has 4 aromatic rings. The highest BCUT2D eigenvalue weighted by atomic mass is 32.2. The number of nitrogens with two attached hydrogens (primary N) is 1. The first-order valence-electron chi connectivity index (χ1n) is 9.26. The molecule has 0 aliphatic rings. The van der Waals surface area contributed by atoms with Crippen molar-refractivity contribution in [1.29, 1.82) is 0 Å². The average molecular weight is 453 g/mol. The first-order valence-corrected chi connectivity index (χ1v) is 10.7. The second-order valence-electron chi connectivity index (χ2n) is 6.76. The summed E-state index contributed by atoms with van der Waals surface area (Å²) in [6.07, 6.45) is 0. The van der Waals surface area contributed by atoms with Crippen molar-refractivity contribution in [3.63, 3.8) is 0 Å². The Morgan fingerprint density at radius 1 is 0.906 bits per heavy atom. The summed E-state index contributed by atoms with van der Waals surface area (Å²) in [5.74, 6) is -2.11. The van der Waals surface area contributed by atoms with E-state index in [-0.39, 0.29) is 27.6 Å². The second-order valence-corrected chi connectivity index (χ2v) is 8.44. The van der Waals surface area contributed by atoms with Crippen LogP contribution in [0, 0.1) is 5.82 Å². The highest BCUT2D eigenvalue weighted by Crippen LogP contribution is 2.31. The number of benzene rings is 3. The summed E-state index contributed by atoms with van der Waals surface area (Å²) in [4.78, 5) is 24.3. The highest BCUT2D eigenvalue weighted by molar-refractivity contribution is 7.92. The molecule has 3 aromatic carbocycles. The number of sulfonamides is 1. The summed E-state index contributed by atoms with van der Waals surface area (Å²) >= 11 is 0. The summed E-state index contributed by atoms with van der Waals surface area (Å²) in [6, 6.07) is 16.7. The Morgan fingerprint density at radius 2 is 1.56 bits per heavy atom. The summed E-state index contributed by atoms with van der Waals surface area (Å²) in [5.41, 5.74) is 6.31. The van der Waals surface area contributed by atoms with Crippen LogP contribution in [-0.2, 0) is 10.0 Å². The number of furan rings is 1. The van der Waals surface area contributed by atoms with E-state index in [4.69, 9.17) is 10.2 Å². The molecule has 8 nitrogen and oxygen atoms in total. The van der Waals surface area contributed by atoms with Crippen LogP contribution in [0.25, 0.3) is 11.0 Å². The van der Waals surface area contributed by atoms with E-state index >= 15 is 0 Å². The fourth-order valence-corrected chi connectivity index (χ4v) is 4.10. The van der Waals surface area contributed by atoms with Gasteiger partial charge in [-0.15, -0.1) is 0 Å². The molecule has 0 bridgehead atoms. The lowest BCUT2D eigenvalue weighted by molar-refractivity contribution is 0.0977. The van der Waals surface area contributed by atoms with Gasteiger partial charge in [0.1, 0.15) is 17.1 Å². The van der Waals surface area contributed by atoms with Crippen molar-refractivity contribution in [2.24, 2.45) is 5.73 Å². The van der Waals surface area contributed by atoms with Gasteiger partial charge < -0.3 is 15.5 Å². The molecule has 1 heterocycles. The van der Waals surface area contributed by atoms with E-state index in [1.54, 1.807) is 24.3 Å². The van der Waals surface area contributed by atoms with Crippen LogP contribution < -0.4 is 15.8 Å². The van der Waals surface area contributed by atoms with Gasteiger partial charge in [0.15, 0.2) is 0 Å². The van der Waals surface area contributed by atoms with Gasteiger partial charge >= 0.3 is 0 Å². The van der Waals surface area contributed by atoms with Gasteiger partial charge in [-0.2, -0.15) is 0 Å². The maximum atomic E-state index is 13.0. The van der Waals surface area contributed by atoms with Crippen molar-refractivity contribution in [2.75, 3.05) is 10.0 Å². The molecule has 0 spiro atoms. The second kappa shape index (κ2) is 8.16. The molecule has 0 aliphatic carbocycles. The van der Waals surface area contributed by atoms with Gasteiger partial charge in [0.05, 0.1) is 4.90 Å². The molecule has 0 atom stereocenters. The molecule has 0 aliphatic heterocycles. The summed E-state index contributed by atoms with van der Waals surface area (Å²) < 4.78 is 45.6. The Balaban J connectivity index is 1.54. The zero-order valence-electron chi connectivity index (χ0n) is 16.3. The largest absolute Gasteiger partial charge is 0.449 e. The predicted octanol–water partition coefficient (Wildman–Crippen LogP) is 3.72. The van der Waals surface area contributed by atoms with Crippen LogP contribution in [0.4, 0.5) is 15.8 Å². The fourth-order valence-electron chi connectivity index (χ4n) is 3.05. The molecule has 162 valence electrons. The zero-order chi connectivity index (χ0) is 22.9. The molecule has 10 heteroatoms. The minimum Gasteiger partial charge on any atom is -0.449 e. The number of rotatable bonds is 6. The summed E-state index contributed by atoms with van der Waals surface area (Å²) in [5, 5.41) is 3.13. The smallest absolute Gasteiger partial charge is 0.286 e. The molecule has 2 amide bonds. The molecule has 0 fully saturated rings. The SMILES string of the molecule is NC(=O)c1oc2ccccc2c1NC(=O)c1ccc(NS(=O)(=O)c2ccc(F)cc2)cc1. The monoisotopic (exact) mass is 453 g/mol. The van der Waals surface area contributed by atoms with Gasteiger partial charge in [-0.25, -0.2) is 12.8 Å². The number of hydrogen-bond donors (Lipinski definition) is 3. The van der Waals surface area contributed by atoms with Crippen molar-refractivity contribution in [3.05, 3.63) is 89.9 Å². The van der Waals surface area contributed by atoms with E-state index in [1.807, 2.05) is 0 Å². The van der Waals surface area contributed by atoms with E-state index in [2.05, 4.69) is 10.0 Å². The van der Waals surface area contributed by atoms with Gasteiger partial charge in [0, 0.05) is 16.6 Å². The number of anilines is 2. The van der Waals surface area contributed by atoms with E-state index in [0.29, 0.717) is 11.0 Å². The molecule has 4 N–H and O–H groups in total. The Hall–Kier alpha value is -4.18. The number of hydrogen-bond acceptors (Lipinski definition) is 5. The van der Waals surface area contributed by atoms with Gasteiger partial charge in [-0.3, -0.25) is 14.3 Å². The third-order valence-corrected chi connectivity index (χ3v) is 5.98. The lowest BCUT2D eigenvalue weighted by Gasteiger charge is -2.09. The van der Waals surface area contributed by atoms with Gasteiger partial charge in [-0.05, 0) is 60.7 Å². The van der Waals surface area contributed by atoms with Crippen LogP contribution in [0.15, 0.2) is 82.1 Å². The third-order valence-electron chi connectivity index (χ3n) is 4.58. The third kappa shape index (κ3) is 4.16. The number of fused-ring (bicyclic) bond motifs is 1. The van der Waals surface area contributed by atoms with Crippen LogP contribution in [0.5, 0.6) is 0 Å². The molecule has 0 unspecified atom stereocenters. The van der Waals surface area contributed by atoms with Gasteiger partial charge in [0.2, 0.25) is 5.76 Å². The maximum Gasteiger partial charge on any atom is 0.286 e. The Morgan fingerprint density at radius 3 is 2.22 bits per heavy atom. The molecular weight excluding hydrogens is 437 g/mol. The Labute approximate surface area is 181 Å². The number of carbonyl (C=O) groups is 2. The van der Waals surface area contributed by atoms with Crippen LogP contribution in [0.3, 0.4) is 0 Å². The predicted molar refractivity (Wildman–Crippen MR) is 116 cm³/mol. The lowest BCUT2D eigenvalue weighted by atomic mass is 10.1. The van der Waals surface area contributed by atoms with Crippen LogP contribution in [0.2, 0.25) is 0 Å². The Kier molecular flexibility index (Phi) is 5.37. The lowest BCUT2D eigenvalue weighted by Crippen LogP contribution is -2.17. The van der Waals surface area contributed by atoms with E-state index in [9.17, 15) is 22.4 Å². The first kappa shape index (κ1) is 21.1. The van der Waals surface area contributed by atoms with Crippen molar-refractivity contribution in [2.45, 2.75) is 4.90 Å². The topological polar surface area (TPSA) is 132 Å². The summed E-state index contributed by atoms with van der Waals surface area (Å²) in [7, 11) is -3.92. The number of primary amides is 1. The Bertz CT molecular complexity index is 1430. The van der Waals surface area contributed by atoms with Crippen molar-refractivity contribution < 1.29 is 26.8 Å². The van der Waals surface area contributed by atoms with Gasteiger partial charge in [-0.1, -0.05) is 12.1 Å². The first-order chi connectivity index (χ1) is 15.2. The molecular formula is C22H16FN3O5S. The minimum atomic E-state index is -3.92. The fraction of sp³-hybridized carbons (Fsp3) is 0. The minimum absolute atomic E-state index is 0.105. The molecule has 0 saturated carbocycles. The van der Waals surface area contributed by atoms with Crippen molar-refractivity contribution in [1.82, 2.24) is 0 Å². The van der Waals surface area contributed by atoms with Crippen LogP contribution in [0.1, 0.15) is 20.9 Å². The maximum absolute atomic E-state index is 13.0. The molecule has 0 saturated heterocycles. The number of nitrogens with one attached hydrogen (secondary N) is 2. The molecule has 0 radical (unpaired) electrons. The van der Waals surface area contributed by atoms with E-state index < -0.39 is 27.7 Å². The molecule has 32 heavy (non-hydrogen) atoms. The number of halogens is 1. The van der Waals surface area contributed by atoms with Gasteiger partial charge in [0.25, 0.3) is 21.8 Å². The average Bonchev–Trinajstić information content (AvgIpc) is 3.13. The van der Waals surface area contributed by atoms with Crippen molar-refractivity contribution >= 4 is 44.2 Å². The normalized spacial score (nSPS) is 11.3. The van der Waals surface area contributed by atoms with Crippen LogP contribution in [-0.4, -0.2) is 20.2 Å². The highest BCUT2D eigenvalue weighted by Gasteiger charge is 2.21. The standard InChI is InChI=1S/C22H16FN3O5S/c23-14-7-11-16(12-8-14)32(29,30)26-15-9-5-13(6-10-15)22(28)25-19-17-3-1-2-4-18(17)31-20(19)21(24)27/h1-12,26H,(H2,24,27)(H,25,28). The van der Waals surface area contributed by atoms with E-state index in [1.165, 1.54) is 24.3 Å². The quantitative estimate of drug-likeness (QED) is 0.409. The molecule has 1 aromatic heterocycles.